The van der Waals surface area contributed by atoms with Crippen molar-refractivity contribution in [2.75, 3.05) is 11.4 Å². The van der Waals surface area contributed by atoms with Gasteiger partial charge in [-0.25, -0.2) is 19.6 Å². The first-order chi connectivity index (χ1) is 13.6. The van der Waals surface area contributed by atoms with E-state index in [-0.39, 0.29) is 0 Å². The van der Waals surface area contributed by atoms with E-state index in [2.05, 4.69) is 41.8 Å². The number of aromatic amines is 1. The van der Waals surface area contributed by atoms with Crippen LogP contribution >= 0.6 is 11.3 Å². The van der Waals surface area contributed by atoms with E-state index in [1.54, 1.807) is 19.4 Å². The maximum atomic E-state index is 10.6. The van der Waals surface area contributed by atoms with Gasteiger partial charge in [0.25, 0.3) is 0 Å². The summed E-state index contributed by atoms with van der Waals surface area (Å²) in [5.41, 5.74) is 0.112. The van der Waals surface area contributed by atoms with Gasteiger partial charge in [-0.2, -0.15) is 5.10 Å². The van der Waals surface area contributed by atoms with E-state index in [1.165, 1.54) is 11.3 Å². The van der Waals surface area contributed by atoms with Crippen LogP contribution in [0.4, 0.5) is 11.6 Å². The second-order valence-electron chi connectivity index (χ2n) is 6.71. The molecule has 0 amide bonds. The van der Waals surface area contributed by atoms with Gasteiger partial charge in [-0.3, -0.25) is 0 Å². The maximum Gasteiger partial charge on any atom is 0.174 e. The summed E-state index contributed by atoms with van der Waals surface area (Å²) in [6.45, 7) is 3.30. The first-order valence-electron chi connectivity index (χ1n) is 8.91. The summed E-state index contributed by atoms with van der Waals surface area (Å²) >= 11 is 1.38. The molecule has 2 N–H and O–H groups in total. The SMILES string of the molecule is CC(O)(C#Cc1cc2n(n1)CCCN2c1ncnc2[nH]ccc12)c1nccs1. The van der Waals surface area contributed by atoms with Crippen molar-refractivity contribution in [2.45, 2.75) is 25.5 Å². The number of H-pyrrole nitrogens is 1. The number of aromatic nitrogens is 6. The molecule has 0 aromatic carbocycles. The molecule has 9 heteroatoms. The third-order valence-electron chi connectivity index (χ3n) is 4.66. The van der Waals surface area contributed by atoms with Crippen molar-refractivity contribution < 1.29 is 5.11 Å². The Hall–Kier alpha value is -3.22. The lowest BCUT2D eigenvalue weighted by Crippen LogP contribution is -2.28. The Labute approximate surface area is 164 Å². The van der Waals surface area contributed by atoms with E-state index in [4.69, 9.17) is 0 Å². The minimum absolute atomic E-state index is 0.571. The third kappa shape index (κ3) is 2.83. The van der Waals surface area contributed by atoms with Crippen molar-refractivity contribution in [3.8, 4) is 11.8 Å². The zero-order chi connectivity index (χ0) is 19.1. The number of nitrogens with zero attached hydrogens (tertiary/aromatic N) is 6. The molecule has 1 atom stereocenters. The number of aliphatic hydroxyl groups is 1. The fourth-order valence-corrected chi connectivity index (χ4v) is 3.99. The van der Waals surface area contributed by atoms with Gasteiger partial charge in [0.1, 0.15) is 34.3 Å². The Morgan fingerprint density at radius 1 is 1.29 bits per heavy atom. The Morgan fingerprint density at radius 3 is 3.07 bits per heavy atom. The molecule has 5 rings (SSSR count). The first kappa shape index (κ1) is 16.9. The standard InChI is InChI=1S/C19H17N7OS/c1-19(27,18-21-7-10-28-18)5-3-13-11-15-25(8-2-9-26(15)24-13)17-14-4-6-20-16(14)22-12-23-17/h4,6-7,10-12,27H,2,8-9H2,1H3,(H,20,22,23). The zero-order valence-corrected chi connectivity index (χ0v) is 15.9. The average molecular weight is 391 g/mol. The molecule has 4 aromatic heterocycles. The summed E-state index contributed by atoms with van der Waals surface area (Å²) < 4.78 is 1.94. The van der Waals surface area contributed by atoms with Crippen LogP contribution < -0.4 is 4.90 Å². The number of aryl methyl sites for hydroxylation is 1. The second-order valence-corrected chi connectivity index (χ2v) is 7.61. The Morgan fingerprint density at radius 2 is 2.21 bits per heavy atom. The monoisotopic (exact) mass is 391 g/mol. The fourth-order valence-electron chi connectivity index (χ4n) is 3.33. The van der Waals surface area contributed by atoms with E-state index in [0.717, 1.165) is 42.2 Å². The zero-order valence-electron chi connectivity index (χ0n) is 15.1. The van der Waals surface area contributed by atoms with Gasteiger partial charge in [-0.05, 0) is 25.3 Å². The molecule has 0 fully saturated rings. The number of fused-ring (bicyclic) bond motifs is 2. The lowest BCUT2D eigenvalue weighted by molar-refractivity contribution is 0.122. The Kier molecular flexibility index (Phi) is 3.89. The molecule has 0 saturated carbocycles. The van der Waals surface area contributed by atoms with Crippen LogP contribution in [0, 0.1) is 11.8 Å². The number of nitrogens with one attached hydrogen (secondary N) is 1. The van der Waals surface area contributed by atoms with Gasteiger partial charge in [0.05, 0.1) is 5.39 Å². The van der Waals surface area contributed by atoms with Gasteiger partial charge in [0, 0.05) is 36.9 Å². The van der Waals surface area contributed by atoms with Crippen LogP contribution in [-0.4, -0.2) is 41.4 Å². The fraction of sp³-hybridized carbons (Fsp3) is 0.263. The molecule has 28 heavy (non-hydrogen) atoms. The molecule has 0 radical (unpaired) electrons. The summed E-state index contributed by atoms with van der Waals surface area (Å²) in [6, 6.07) is 3.91. The molecule has 0 spiro atoms. The number of hydrogen-bond acceptors (Lipinski definition) is 7. The van der Waals surface area contributed by atoms with Crippen molar-refractivity contribution in [1.29, 1.82) is 0 Å². The molecule has 1 unspecified atom stereocenters. The largest absolute Gasteiger partial charge is 0.371 e. The summed E-state index contributed by atoms with van der Waals surface area (Å²) in [5, 5.41) is 18.5. The van der Waals surface area contributed by atoms with Crippen molar-refractivity contribution in [1.82, 2.24) is 29.7 Å². The highest BCUT2D eigenvalue weighted by atomic mass is 32.1. The topological polar surface area (TPSA) is 95.7 Å². The second kappa shape index (κ2) is 6.44. The molecule has 0 saturated heterocycles. The highest BCUT2D eigenvalue weighted by Crippen LogP contribution is 2.32. The van der Waals surface area contributed by atoms with Gasteiger partial charge >= 0.3 is 0 Å². The number of hydrogen-bond donors (Lipinski definition) is 2. The summed E-state index contributed by atoms with van der Waals surface area (Å²) in [6.07, 6.45) is 6.04. The van der Waals surface area contributed by atoms with Crippen LogP contribution in [0.3, 0.4) is 0 Å². The molecule has 4 aromatic rings. The van der Waals surface area contributed by atoms with Crippen LogP contribution in [-0.2, 0) is 12.1 Å². The molecule has 1 aliphatic rings. The van der Waals surface area contributed by atoms with Gasteiger partial charge in [0.15, 0.2) is 5.60 Å². The van der Waals surface area contributed by atoms with Crippen molar-refractivity contribution >= 4 is 34.0 Å². The predicted molar refractivity (Wildman–Crippen MR) is 106 cm³/mol. The smallest absolute Gasteiger partial charge is 0.174 e. The van der Waals surface area contributed by atoms with E-state index in [9.17, 15) is 5.11 Å². The first-order valence-corrected chi connectivity index (χ1v) is 9.79. The van der Waals surface area contributed by atoms with Gasteiger partial charge in [-0.1, -0.05) is 5.92 Å². The van der Waals surface area contributed by atoms with Crippen LogP contribution in [0.25, 0.3) is 11.0 Å². The van der Waals surface area contributed by atoms with E-state index in [0.29, 0.717) is 10.7 Å². The highest BCUT2D eigenvalue weighted by molar-refractivity contribution is 7.09. The molecule has 1 aliphatic heterocycles. The van der Waals surface area contributed by atoms with Crippen LogP contribution in [0.15, 0.2) is 36.2 Å². The lowest BCUT2D eigenvalue weighted by Gasteiger charge is -2.28. The Bertz CT molecular complexity index is 1200. The molecule has 5 heterocycles. The molecular weight excluding hydrogens is 374 g/mol. The minimum atomic E-state index is -1.30. The number of anilines is 2. The normalized spacial score (nSPS) is 15.7. The van der Waals surface area contributed by atoms with Gasteiger partial charge in [0.2, 0.25) is 0 Å². The van der Waals surface area contributed by atoms with E-state index < -0.39 is 5.60 Å². The van der Waals surface area contributed by atoms with Gasteiger partial charge in [-0.15, -0.1) is 11.3 Å². The van der Waals surface area contributed by atoms with Crippen LogP contribution in [0.2, 0.25) is 0 Å². The quantitative estimate of drug-likeness (QED) is 0.510. The molecular formula is C19H17N7OS. The lowest BCUT2D eigenvalue weighted by atomic mass is 10.1. The molecule has 0 aliphatic carbocycles. The van der Waals surface area contributed by atoms with Crippen molar-refractivity contribution in [3.63, 3.8) is 0 Å². The number of thiazole rings is 1. The van der Waals surface area contributed by atoms with Crippen molar-refractivity contribution in [3.05, 3.63) is 46.9 Å². The molecule has 140 valence electrons. The van der Waals surface area contributed by atoms with E-state index >= 15 is 0 Å². The predicted octanol–water partition coefficient (Wildman–Crippen LogP) is 2.41. The number of rotatable bonds is 2. The summed E-state index contributed by atoms with van der Waals surface area (Å²) in [4.78, 5) is 18.2. The average Bonchev–Trinajstić information content (AvgIpc) is 3.45. The van der Waals surface area contributed by atoms with Crippen LogP contribution in [0.1, 0.15) is 24.0 Å². The highest BCUT2D eigenvalue weighted by Gasteiger charge is 2.25. The molecule has 8 nitrogen and oxygen atoms in total. The summed E-state index contributed by atoms with van der Waals surface area (Å²) in [5.74, 6) is 7.68. The maximum absolute atomic E-state index is 10.6. The van der Waals surface area contributed by atoms with Gasteiger partial charge < -0.3 is 15.0 Å². The van der Waals surface area contributed by atoms with Crippen molar-refractivity contribution in [2.24, 2.45) is 0 Å². The summed E-state index contributed by atoms with van der Waals surface area (Å²) in [7, 11) is 0. The third-order valence-corrected chi connectivity index (χ3v) is 5.64. The Balaban J connectivity index is 1.52. The van der Waals surface area contributed by atoms with E-state index in [1.807, 2.05) is 28.4 Å². The molecule has 0 bridgehead atoms. The van der Waals surface area contributed by atoms with Crippen LogP contribution in [0.5, 0.6) is 0 Å². The minimum Gasteiger partial charge on any atom is -0.371 e.